The van der Waals surface area contributed by atoms with Crippen LogP contribution in [0.15, 0.2) is 109 Å². The number of para-hydroxylation sites is 2. The summed E-state index contributed by atoms with van der Waals surface area (Å²) >= 11 is 0. The molecule has 3 aliphatic carbocycles. The van der Waals surface area contributed by atoms with Crippen LogP contribution in [0.25, 0.3) is 32.9 Å². The van der Waals surface area contributed by atoms with Crippen molar-refractivity contribution in [2.24, 2.45) is 5.41 Å². The summed E-state index contributed by atoms with van der Waals surface area (Å²) in [6.45, 7) is 4.86. The molecule has 2 nitrogen and oxygen atoms in total. The summed E-state index contributed by atoms with van der Waals surface area (Å²) in [7, 11) is 0. The third kappa shape index (κ3) is 2.66. The Morgan fingerprint density at radius 1 is 0.795 bits per heavy atom. The molecule has 1 saturated carbocycles. The molecule has 2 N–H and O–H groups in total. The minimum atomic E-state index is -0.0652. The number of nitrogens with two attached hydrogens (primary N) is 1. The van der Waals surface area contributed by atoms with Gasteiger partial charge in [-0.3, -0.25) is 9.88 Å². The topological polar surface area (TPSA) is 21.5 Å². The molecule has 2 heteroatoms. The zero-order valence-electron chi connectivity index (χ0n) is 22.6. The van der Waals surface area contributed by atoms with Crippen LogP contribution in [0.2, 0.25) is 0 Å². The van der Waals surface area contributed by atoms with E-state index >= 15 is 0 Å². The first-order valence-corrected chi connectivity index (χ1v) is 14.6. The zero-order chi connectivity index (χ0) is 25.9. The second-order valence-electron chi connectivity index (χ2n) is 12.6. The predicted molar refractivity (Wildman–Crippen MR) is 160 cm³/mol. The van der Waals surface area contributed by atoms with Gasteiger partial charge in [-0.1, -0.05) is 105 Å². The van der Waals surface area contributed by atoms with Gasteiger partial charge in [0.05, 0.1) is 16.4 Å². The summed E-state index contributed by atoms with van der Waals surface area (Å²) in [6, 6.07) is 32.2. The maximum absolute atomic E-state index is 2.77. The van der Waals surface area contributed by atoms with E-state index in [2.05, 4.69) is 127 Å². The van der Waals surface area contributed by atoms with E-state index in [1.54, 1.807) is 5.57 Å². The monoisotopic (exact) mass is 505 g/mol. The second kappa shape index (κ2) is 7.40. The zero-order valence-corrected chi connectivity index (χ0v) is 22.6. The maximum Gasteiger partial charge on any atom is 0.181 e. The van der Waals surface area contributed by atoms with Gasteiger partial charge in [0.15, 0.2) is 6.17 Å². The van der Waals surface area contributed by atoms with Crippen molar-refractivity contribution in [3.8, 4) is 11.1 Å². The third-order valence-electron chi connectivity index (χ3n) is 10.4. The number of quaternary nitrogens is 1. The first kappa shape index (κ1) is 22.0. The average molecular weight is 506 g/mol. The first-order valence-electron chi connectivity index (χ1n) is 14.6. The second-order valence-corrected chi connectivity index (χ2v) is 12.6. The van der Waals surface area contributed by atoms with Gasteiger partial charge in [-0.25, -0.2) is 0 Å². The van der Waals surface area contributed by atoms with Crippen molar-refractivity contribution in [1.82, 2.24) is 4.57 Å². The highest BCUT2D eigenvalue weighted by molar-refractivity contribution is 6.12. The lowest BCUT2D eigenvalue weighted by Gasteiger charge is -2.35. The number of benzene rings is 4. The summed E-state index contributed by atoms with van der Waals surface area (Å²) in [5.41, 5.74) is 13.1. The van der Waals surface area contributed by atoms with Crippen molar-refractivity contribution in [1.29, 1.82) is 0 Å². The van der Waals surface area contributed by atoms with Crippen molar-refractivity contribution in [2.45, 2.75) is 50.6 Å². The largest absolute Gasteiger partial charge is 0.293 e. The SMILES string of the molecule is CC1(C)c2ccccc2-c2ccc3c4ccccc4n(C4[NH2+]c5ccccc5C5CC54C4=CCCC=C4)c3c21. The number of hydrogen-bond donors (Lipinski definition) is 1. The van der Waals surface area contributed by atoms with Crippen LogP contribution in [0.1, 0.15) is 61.9 Å². The Hall–Kier alpha value is -3.88. The number of rotatable bonds is 2. The molecule has 1 aromatic heterocycles. The lowest BCUT2D eigenvalue weighted by molar-refractivity contribution is -0.648. The van der Waals surface area contributed by atoms with Crippen molar-refractivity contribution in [2.75, 3.05) is 0 Å². The molecular weight excluding hydrogens is 472 g/mol. The summed E-state index contributed by atoms with van der Waals surface area (Å²) in [5.74, 6) is 0.566. The summed E-state index contributed by atoms with van der Waals surface area (Å²) in [4.78, 5) is 0. The lowest BCUT2D eigenvalue weighted by atomic mass is 9.80. The van der Waals surface area contributed by atoms with Gasteiger partial charge in [0.1, 0.15) is 5.69 Å². The molecule has 0 radical (unpaired) electrons. The molecule has 4 aromatic carbocycles. The van der Waals surface area contributed by atoms with Gasteiger partial charge in [0.25, 0.3) is 0 Å². The van der Waals surface area contributed by atoms with Gasteiger partial charge in [-0.15, -0.1) is 0 Å². The van der Waals surface area contributed by atoms with E-state index < -0.39 is 0 Å². The molecular formula is C37H33N2+. The fourth-order valence-corrected chi connectivity index (χ4v) is 8.68. The fourth-order valence-electron chi connectivity index (χ4n) is 8.68. The van der Waals surface area contributed by atoms with Gasteiger partial charge in [0.2, 0.25) is 0 Å². The Morgan fingerprint density at radius 2 is 1.62 bits per heavy atom. The van der Waals surface area contributed by atoms with Crippen molar-refractivity contribution >= 4 is 27.5 Å². The molecule has 9 rings (SSSR count). The molecule has 1 aliphatic heterocycles. The molecule has 3 atom stereocenters. The van der Waals surface area contributed by atoms with Crippen LogP contribution in [-0.4, -0.2) is 4.57 Å². The van der Waals surface area contributed by atoms with Gasteiger partial charge in [-0.2, -0.15) is 0 Å². The standard InChI is InChI=1S/C37H32N2/c1-36(2)29-17-9-6-14-24(29)26-20-21-27-25-15-8-11-19-32(25)39(34(27)33(26)36)35-37(23-12-4-3-5-13-23)22-30(37)28-16-7-10-18-31(28)38-35/h4,6-21,30,35,38H,3,5,22H2,1-2H3/p+1. The van der Waals surface area contributed by atoms with Crippen molar-refractivity contribution in [3.05, 3.63) is 125 Å². The number of nitrogens with zero attached hydrogens (tertiary/aromatic N) is 1. The Balaban J connectivity index is 1.40. The highest BCUT2D eigenvalue weighted by atomic mass is 15.2. The number of hydrogen-bond acceptors (Lipinski definition) is 0. The number of fused-ring (bicyclic) bond motifs is 10. The predicted octanol–water partition coefficient (Wildman–Crippen LogP) is 8.26. The van der Waals surface area contributed by atoms with Crippen LogP contribution in [0.4, 0.5) is 5.69 Å². The normalized spacial score (nSPS) is 25.6. The lowest BCUT2D eigenvalue weighted by Crippen LogP contribution is -2.84. The highest BCUT2D eigenvalue weighted by Crippen LogP contribution is 2.71. The maximum atomic E-state index is 2.77. The molecule has 1 fully saturated rings. The Bertz CT molecular complexity index is 1920. The van der Waals surface area contributed by atoms with Crippen molar-refractivity contribution in [3.63, 3.8) is 0 Å². The summed E-state index contributed by atoms with van der Waals surface area (Å²) in [5, 5.41) is 5.37. The molecule has 3 unspecified atom stereocenters. The van der Waals surface area contributed by atoms with Gasteiger partial charge in [0, 0.05) is 27.7 Å². The molecule has 5 aromatic rings. The smallest absolute Gasteiger partial charge is 0.181 e. The van der Waals surface area contributed by atoms with Gasteiger partial charge < -0.3 is 0 Å². The molecule has 39 heavy (non-hydrogen) atoms. The minimum absolute atomic E-state index is 0.0652. The van der Waals surface area contributed by atoms with E-state index in [0.29, 0.717) is 5.92 Å². The molecule has 2 heterocycles. The summed E-state index contributed by atoms with van der Waals surface area (Å²) in [6.07, 6.45) is 11.2. The van der Waals surface area contributed by atoms with E-state index in [4.69, 9.17) is 0 Å². The highest BCUT2D eigenvalue weighted by Gasteiger charge is 2.68. The average Bonchev–Trinajstić information content (AvgIpc) is 3.61. The van der Waals surface area contributed by atoms with Crippen LogP contribution >= 0.6 is 0 Å². The molecule has 0 bridgehead atoms. The van der Waals surface area contributed by atoms with E-state index in [1.807, 2.05) is 0 Å². The third-order valence-corrected chi connectivity index (χ3v) is 10.4. The Kier molecular flexibility index (Phi) is 4.17. The van der Waals surface area contributed by atoms with Crippen LogP contribution < -0.4 is 5.32 Å². The van der Waals surface area contributed by atoms with Gasteiger partial charge >= 0.3 is 0 Å². The van der Waals surface area contributed by atoms with Crippen LogP contribution in [0.3, 0.4) is 0 Å². The van der Waals surface area contributed by atoms with Crippen molar-refractivity contribution < 1.29 is 5.32 Å². The Morgan fingerprint density at radius 3 is 2.51 bits per heavy atom. The van der Waals surface area contributed by atoms with E-state index in [1.165, 1.54) is 61.7 Å². The fraction of sp³-hybridized carbons (Fsp3) is 0.243. The van der Waals surface area contributed by atoms with E-state index in [9.17, 15) is 0 Å². The van der Waals surface area contributed by atoms with Crippen LogP contribution in [-0.2, 0) is 5.41 Å². The number of allylic oxidation sites excluding steroid dienone is 3. The summed E-state index contributed by atoms with van der Waals surface area (Å²) < 4.78 is 2.77. The molecule has 4 aliphatic rings. The van der Waals surface area contributed by atoms with Gasteiger partial charge in [-0.05, 0) is 59.2 Å². The quantitative estimate of drug-likeness (QED) is 0.233. The van der Waals surface area contributed by atoms with E-state index in [0.717, 1.165) is 12.8 Å². The molecule has 190 valence electrons. The first-order chi connectivity index (χ1) is 19.1. The Labute approximate surface area is 229 Å². The van der Waals surface area contributed by atoms with E-state index in [-0.39, 0.29) is 17.0 Å². The number of aromatic nitrogens is 1. The molecule has 0 spiro atoms. The minimum Gasteiger partial charge on any atom is -0.293 e. The molecule has 0 saturated heterocycles. The van der Waals surface area contributed by atoms with Crippen LogP contribution in [0.5, 0.6) is 0 Å². The van der Waals surface area contributed by atoms with Crippen LogP contribution in [0, 0.1) is 5.41 Å². The molecule has 0 amide bonds.